The Morgan fingerprint density at radius 3 is 2.42 bits per heavy atom. The van der Waals surface area contributed by atoms with E-state index >= 15 is 0 Å². The molecule has 0 aromatic heterocycles. The second-order valence-electron chi connectivity index (χ2n) is 4.07. The molecular formula is C10H22N2. The molecule has 0 amide bonds. The summed E-state index contributed by atoms with van der Waals surface area (Å²) in [6, 6.07) is 1.44. The predicted octanol–water partition coefficient (Wildman–Crippen LogP) is 1.42. The molecule has 0 spiro atoms. The van der Waals surface area contributed by atoms with Crippen LogP contribution in [0.3, 0.4) is 0 Å². The number of hydrogen-bond donors (Lipinski definition) is 0. The largest absolute Gasteiger partial charge is 0.301 e. The summed E-state index contributed by atoms with van der Waals surface area (Å²) in [7, 11) is 0. The molecule has 1 fully saturated rings. The van der Waals surface area contributed by atoms with Crippen LogP contribution in [0.15, 0.2) is 0 Å². The van der Waals surface area contributed by atoms with Gasteiger partial charge in [0.15, 0.2) is 0 Å². The minimum Gasteiger partial charge on any atom is -0.301 e. The van der Waals surface area contributed by atoms with Crippen molar-refractivity contribution in [2.75, 3.05) is 26.2 Å². The molecule has 2 heteroatoms. The maximum atomic E-state index is 2.59. The highest BCUT2D eigenvalue weighted by molar-refractivity contribution is 4.80. The van der Waals surface area contributed by atoms with Crippen molar-refractivity contribution >= 4 is 0 Å². The first-order chi connectivity index (χ1) is 5.65. The molecule has 0 radical (unpaired) electrons. The van der Waals surface area contributed by atoms with Crippen molar-refractivity contribution in [3.8, 4) is 0 Å². The molecule has 2 nitrogen and oxygen atoms in total. The van der Waals surface area contributed by atoms with Crippen molar-refractivity contribution < 1.29 is 0 Å². The molecule has 0 aromatic carbocycles. The fourth-order valence-electron chi connectivity index (χ4n) is 2.10. The average Bonchev–Trinajstić information content (AvgIpc) is 2.03. The van der Waals surface area contributed by atoms with Crippen LogP contribution >= 0.6 is 0 Å². The molecule has 72 valence electrons. The zero-order valence-electron chi connectivity index (χ0n) is 8.88. The smallest absolute Gasteiger partial charge is 0.0198 e. The summed E-state index contributed by atoms with van der Waals surface area (Å²) < 4.78 is 0. The number of hydrogen-bond acceptors (Lipinski definition) is 2. The molecule has 1 rings (SSSR count). The van der Waals surface area contributed by atoms with Crippen LogP contribution in [0.5, 0.6) is 0 Å². The summed E-state index contributed by atoms with van der Waals surface area (Å²) in [5, 5.41) is 0. The van der Waals surface area contributed by atoms with Gasteiger partial charge in [0.2, 0.25) is 0 Å². The Labute approximate surface area is 76.5 Å². The van der Waals surface area contributed by atoms with Crippen LogP contribution < -0.4 is 0 Å². The van der Waals surface area contributed by atoms with Crippen molar-refractivity contribution in [1.82, 2.24) is 9.80 Å². The highest BCUT2D eigenvalue weighted by atomic mass is 15.3. The Bertz CT molecular complexity index is 134. The monoisotopic (exact) mass is 170 g/mol. The van der Waals surface area contributed by atoms with Gasteiger partial charge in [-0.25, -0.2) is 0 Å². The summed E-state index contributed by atoms with van der Waals surface area (Å²) in [6.07, 6.45) is 0. The second-order valence-corrected chi connectivity index (χ2v) is 4.07. The first-order valence-corrected chi connectivity index (χ1v) is 5.13. The molecule has 1 aliphatic heterocycles. The molecule has 12 heavy (non-hydrogen) atoms. The lowest BCUT2D eigenvalue weighted by Gasteiger charge is -2.41. The first-order valence-electron chi connectivity index (χ1n) is 5.13. The maximum absolute atomic E-state index is 2.59. The molecule has 0 N–H and O–H groups in total. The number of likely N-dealkylation sites (N-methyl/N-ethyl adjacent to an activating group) is 1. The summed E-state index contributed by atoms with van der Waals surface area (Å²) in [5.41, 5.74) is 0. The molecule has 1 heterocycles. The summed E-state index contributed by atoms with van der Waals surface area (Å²) in [5.74, 6) is 0. The van der Waals surface area contributed by atoms with Gasteiger partial charge in [-0.05, 0) is 27.3 Å². The lowest BCUT2D eigenvalue weighted by molar-refractivity contribution is 0.0633. The minimum atomic E-state index is 0.707. The van der Waals surface area contributed by atoms with Crippen LogP contribution in [-0.2, 0) is 0 Å². The van der Waals surface area contributed by atoms with E-state index in [0.717, 1.165) is 6.04 Å². The van der Waals surface area contributed by atoms with E-state index < -0.39 is 0 Å². The van der Waals surface area contributed by atoms with Crippen molar-refractivity contribution in [2.24, 2.45) is 0 Å². The van der Waals surface area contributed by atoms with Gasteiger partial charge in [0.25, 0.3) is 0 Å². The predicted molar refractivity (Wildman–Crippen MR) is 53.4 cm³/mol. The van der Waals surface area contributed by atoms with Crippen molar-refractivity contribution in [3.05, 3.63) is 0 Å². The number of nitrogens with zero attached hydrogens (tertiary/aromatic N) is 2. The van der Waals surface area contributed by atoms with Gasteiger partial charge < -0.3 is 4.90 Å². The van der Waals surface area contributed by atoms with Crippen LogP contribution in [0.25, 0.3) is 0 Å². The van der Waals surface area contributed by atoms with Gasteiger partial charge in [-0.1, -0.05) is 6.92 Å². The van der Waals surface area contributed by atoms with Crippen LogP contribution in [0.4, 0.5) is 0 Å². The second kappa shape index (κ2) is 4.24. The summed E-state index contributed by atoms with van der Waals surface area (Å²) in [6.45, 7) is 14.1. The maximum Gasteiger partial charge on any atom is 0.0198 e. The first kappa shape index (κ1) is 10.0. The fraction of sp³-hybridized carbons (Fsp3) is 1.00. The number of piperazine rings is 1. The van der Waals surface area contributed by atoms with Crippen LogP contribution in [0.1, 0.15) is 27.7 Å². The van der Waals surface area contributed by atoms with E-state index in [9.17, 15) is 0 Å². The van der Waals surface area contributed by atoms with Gasteiger partial charge in [-0.15, -0.1) is 0 Å². The van der Waals surface area contributed by atoms with E-state index in [1.165, 1.54) is 26.2 Å². The van der Waals surface area contributed by atoms with Gasteiger partial charge in [-0.2, -0.15) is 0 Å². The lowest BCUT2D eigenvalue weighted by atomic mass is 10.1. The Hall–Kier alpha value is -0.0800. The van der Waals surface area contributed by atoms with Crippen LogP contribution in [0, 0.1) is 0 Å². The fourth-order valence-corrected chi connectivity index (χ4v) is 2.10. The molecule has 0 aliphatic carbocycles. The van der Waals surface area contributed by atoms with Gasteiger partial charge in [0.05, 0.1) is 0 Å². The Morgan fingerprint density at radius 1 is 1.33 bits per heavy atom. The Balaban J connectivity index is 2.42. The van der Waals surface area contributed by atoms with E-state index in [2.05, 4.69) is 37.5 Å². The molecule has 1 saturated heterocycles. The molecule has 1 unspecified atom stereocenters. The summed E-state index contributed by atoms with van der Waals surface area (Å²) in [4.78, 5) is 5.12. The number of rotatable bonds is 2. The van der Waals surface area contributed by atoms with Crippen molar-refractivity contribution in [3.63, 3.8) is 0 Å². The SMILES string of the molecule is CCN1CCN(C(C)C)C(C)C1. The van der Waals surface area contributed by atoms with Crippen LogP contribution in [-0.4, -0.2) is 48.1 Å². The quantitative estimate of drug-likeness (QED) is 0.618. The average molecular weight is 170 g/mol. The lowest BCUT2D eigenvalue weighted by Crippen LogP contribution is -2.53. The van der Waals surface area contributed by atoms with Crippen molar-refractivity contribution in [1.29, 1.82) is 0 Å². The van der Waals surface area contributed by atoms with Gasteiger partial charge >= 0.3 is 0 Å². The molecular weight excluding hydrogens is 148 g/mol. The molecule has 0 saturated carbocycles. The molecule has 0 aromatic rings. The van der Waals surface area contributed by atoms with Gasteiger partial charge in [0.1, 0.15) is 0 Å². The highest BCUT2D eigenvalue weighted by Gasteiger charge is 2.23. The van der Waals surface area contributed by atoms with Crippen molar-refractivity contribution in [2.45, 2.75) is 39.8 Å². The normalized spacial score (nSPS) is 28.2. The molecule has 1 aliphatic rings. The Kier molecular flexibility index (Phi) is 3.53. The van der Waals surface area contributed by atoms with E-state index in [0.29, 0.717) is 6.04 Å². The minimum absolute atomic E-state index is 0.707. The van der Waals surface area contributed by atoms with Gasteiger partial charge in [-0.3, -0.25) is 4.90 Å². The Morgan fingerprint density at radius 2 is 2.00 bits per heavy atom. The highest BCUT2D eigenvalue weighted by Crippen LogP contribution is 2.11. The molecule has 0 bridgehead atoms. The standard InChI is InChI=1S/C10H22N2/c1-5-11-6-7-12(9(2)3)10(4)8-11/h9-10H,5-8H2,1-4H3. The third-order valence-corrected chi connectivity index (χ3v) is 2.87. The third kappa shape index (κ3) is 2.20. The molecule has 1 atom stereocenters. The third-order valence-electron chi connectivity index (χ3n) is 2.87. The zero-order chi connectivity index (χ0) is 9.14. The van der Waals surface area contributed by atoms with Gasteiger partial charge in [0, 0.05) is 31.7 Å². The van der Waals surface area contributed by atoms with E-state index in [1.807, 2.05) is 0 Å². The van der Waals surface area contributed by atoms with Crippen LogP contribution in [0.2, 0.25) is 0 Å². The topological polar surface area (TPSA) is 6.48 Å². The summed E-state index contributed by atoms with van der Waals surface area (Å²) >= 11 is 0. The van der Waals surface area contributed by atoms with E-state index in [1.54, 1.807) is 0 Å². The van der Waals surface area contributed by atoms with E-state index in [4.69, 9.17) is 0 Å². The van der Waals surface area contributed by atoms with E-state index in [-0.39, 0.29) is 0 Å². The zero-order valence-corrected chi connectivity index (χ0v) is 8.88.